The van der Waals surface area contributed by atoms with Gasteiger partial charge in [-0.2, -0.15) is 4.37 Å². The van der Waals surface area contributed by atoms with E-state index in [9.17, 15) is 0 Å². The normalized spacial score (nSPS) is 23.2. The molecular formula is C7H9ClN2OS. The van der Waals surface area contributed by atoms with E-state index in [-0.39, 0.29) is 0 Å². The van der Waals surface area contributed by atoms with E-state index >= 15 is 0 Å². The maximum absolute atomic E-state index is 5.66. The fraction of sp³-hybridized carbons (Fsp3) is 0.714. The largest absolute Gasteiger partial charge is 0.381 e. The third-order valence-corrected chi connectivity index (χ3v) is 2.77. The predicted molar refractivity (Wildman–Crippen MR) is 47.5 cm³/mol. The molecular weight excluding hydrogens is 196 g/mol. The van der Waals surface area contributed by atoms with Gasteiger partial charge in [-0.1, -0.05) is 0 Å². The van der Waals surface area contributed by atoms with Crippen LogP contribution in [0.1, 0.15) is 12.2 Å². The van der Waals surface area contributed by atoms with E-state index in [0.717, 1.165) is 31.9 Å². The van der Waals surface area contributed by atoms with Crippen molar-refractivity contribution in [2.24, 2.45) is 5.92 Å². The Kier molecular flexibility index (Phi) is 2.58. The summed E-state index contributed by atoms with van der Waals surface area (Å²) in [7, 11) is 0. The van der Waals surface area contributed by atoms with E-state index < -0.39 is 0 Å². The summed E-state index contributed by atoms with van der Waals surface area (Å²) in [6, 6.07) is 0. The van der Waals surface area contributed by atoms with Crippen LogP contribution in [0.5, 0.6) is 0 Å². The first-order chi connectivity index (χ1) is 5.84. The Labute approximate surface area is 79.9 Å². The van der Waals surface area contributed by atoms with Gasteiger partial charge in [0.05, 0.1) is 0 Å². The van der Waals surface area contributed by atoms with E-state index in [1.807, 2.05) is 0 Å². The summed E-state index contributed by atoms with van der Waals surface area (Å²) in [5.41, 5.74) is 0. The molecule has 1 aliphatic rings. The number of hydrogen-bond donors (Lipinski definition) is 0. The fourth-order valence-corrected chi connectivity index (χ4v) is 1.96. The van der Waals surface area contributed by atoms with Gasteiger partial charge in [-0.25, -0.2) is 4.98 Å². The minimum absolute atomic E-state index is 0.531. The summed E-state index contributed by atoms with van der Waals surface area (Å²) in [5.74, 6) is 1.45. The Morgan fingerprint density at radius 2 is 2.58 bits per heavy atom. The zero-order chi connectivity index (χ0) is 8.39. The summed E-state index contributed by atoms with van der Waals surface area (Å²) in [5, 5.41) is 0. The third-order valence-electron chi connectivity index (χ3n) is 1.94. The van der Waals surface area contributed by atoms with Crippen molar-refractivity contribution in [2.45, 2.75) is 12.8 Å². The highest BCUT2D eigenvalue weighted by Crippen LogP contribution is 2.19. The van der Waals surface area contributed by atoms with Crippen LogP contribution in [0, 0.1) is 5.92 Å². The molecule has 1 atom stereocenters. The summed E-state index contributed by atoms with van der Waals surface area (Å²) in [6.07, 6.45) is 2.03. The van der Waals surface area contributed by atoms with Crippen molar-refractivity contribution < 1.29 is 4.74 Å². The molecule has 0 radical (unpaired) electrons. The van der Waals surface area contributed by atoms with Gasteiger partial charge in [0.2, 0.25) is 4.47 Å². The molecule has 12 heavy (non-hydrogen) atoms. The Morgan fingerprint density at radius 1 is 1.67 bits per heavy atom. The van der Waals surface area contributed by atoms with Gasteiger partial charge in [0.25, 0.3) is 0 Å². The lowest BCUT2D eigenvalue weighted by Gasteiger charge is -2.01. The van der Waals surface area contributed by atoms with Gasteiger partial charge < -0.3 is 4.74 Å². The molecule has 0 bridgehead atoms. The molecule has 0 amide bonds. The van der Waals surface area contributed by atoms with Gasteiger partial charge >= 0.3 is 0 Å². The number of nitrogens with zero attached hydrogens (tertiary/aromatic N) is 2. The van der Waals surface area contributed by atoms with Crippen molar-refractivity contribution in [3.05, 3.63) is 10.3 Å². The third kappa shape index (κ3) is 1.94. The number of rotatable bonds is 2. The number of hydrogen-bond acceptors (Lipinski definition) is 4. The van der Waals surface area contributed by atoms with Gasteiger partial charge in [0.1, 0.15) is 5.82 Å². The summed E-state index contributed by atoms with van der Waals surface area (Å²) in [6.45, 7) is 1.72. The highest BCUT2D eigenvalue weighted by molar-refractivity contribution is 7.10. The molecule has 0 aliphatic carbocycles. The van der Waals surface area contributed by atoms with Crippen molar-refractivity contribution in [2.75, 3.05) is 13.2 Å². The summed E-state index contributed by atoms with van der Waals surface area (Å²) < 4.78 is 9.90. The van der Waals surface area contributed by atoms with Crippen molar-refractivity contribution >= 4 is 23.1 Å². The van der Waals surface area contributed by atoms with Crippen molar-refractivity contribution in [3.8, 4) is 0 Å². The molecule has 1 aliphatic heterocycles. The average Bonchev–Trinajstić information content (AvgIpc) is 2.63. The molecule has 1 aromatic rings. The van der Waals surface area contributed by atoms with Crippen LogP contribution in [-0.2, 0) is 11.2 Å². The average molecular weight is 205 g/mol. The van der Waals surface area contributed by atoms with Gasteiger partial charge in [-0.15, -0.1) is 0 Å². The molecule has 1 unspecified atom stereocenters. The van der Waals surface area contributed by atoms with Gasteiger partial charge in [0, 0.05) is 19.6 Å². The van der Waals surface area contributed by atoms with Crippen LogP contribution in [0.25, 0.3) is 0 Å². The minimum atomic E-state index is 0.531. The lowest BCUT2D eigenvalue weighted by molar-refractivity contribution is 0.185. The molecule has 0 N–H and O–H groups in total. The second kappa shape index (κ2) is 3.68. The molecule has 2 heterocycles. The van der Waals surface area contributed by atoms with Crippen LogP contribution >= 0.6 is 23.1 Å². The standard InChI is InChI=1S/C7H9ClN2OS/c8-7-9-6(10-12-7)3-5-1-2-11-4-5/h5H,1-4H2. The zero-order valence-corrected chi connectivity index (χ0v) is 8.07. The fourth-order valence-electron chi connectivity index (χ4n) is 1.32. The maximum atomic E-state index is 5.66. The van der Waals surface area contributed by atoms with Crippen LogP contribution in [0.15, 0.2) is 0 Å². The highest BCUT2D eigenvalue weighted by atomic mass is 35.5. The Hall–Kier alpha value is -0.190. The monoisotopic (exact) mass is 204 g/mol. The molecule has 1 saturated heterocycles. The number of aromatic nitrogens is 2. The lowest BCUT2D eigenvalue weighted by Crippen LogP contribution is -2.04. The van der Waals surface area contributed by atoms with Crippen LogP contribution in [0.3, 0.4) is 0 Å². The van der Waals surface area contributed by atoms with E-state index in [0.29, 0.717) is 10.4 Å². The van der Waals surface area contributed by atoms with Crippen LogP contribution in [0.2, 0.25) is 4.47 Å². The Bertz CT molecular complexity index is 260. The molecule has 5 heteroatoms. The van der Waals surface area contributed by atoms with E-state index in [1.165, 1.54) is 11.5 Å². The predicted octanol–water partition coefficient (Wildman–Crippen LogP) is 1.77. The zero-order valence-electron chi connectivity index (χ0n) is 6.49. The second-order valence-corrected chi connectivity index (χ2v) is 4.23. The topological polar surface area (TPSA) is 35.0 Å². The van der Waals surface area contributed by atoms with Crippen molar-refractivity contribution in [3.63, 3.8) is 0 Å². The van der Waals surface area contributed by atoms with Gasteiger partial charge in [0.15, 0.2) is 0 Å². The quantitative estimate of drug-likeness (QED) is 0.737. The molecule has 1 aromatic heterocycles. The Balaban J connectivity index is 1.94. The molecule has 0 spiro atoms. The first-order valence-electron chi connectivity index (χ1n) is 3.90. The van der Waals surface area contributed by atoms with Crippen LogP contribution in [-0.4, -0.2) is 22.6 Å². The first kappa shape index (κ1) is 8.41. The van der Waals surface area contributed by atoms with Crippen molar-refractivity contribution in [1.82, 2.24) is 9.36 Å². The second-order valence-electron chi connectivity index (χ2n) is 2.90. The van der Waals surface area contributed by atoms with Crippen molar-refractivity contribution in [1.29, 1.82) is 0 Å². The number of ether oxygens (including phenoxy) is 1. The molecule has 2 rings (SSSR count). The van der Waals surface area contributed by atoms with E-state index in [4.69, 9.17) is 16.3 Å². The first-order valence-corrected chi connectivity index (χ1v) is 5.05. The van der Waals surface area contributed by atoms with E-state index in [1.54, 1.807) is 0 Å². The summed E-state index contributed by atoms with van der Waals surface area (Å²) in [4.78, 5) is 4.09. The molecule has 0 saturated carbocycles. The molecule has 66 valence electrons. The van der Waals surface area contributed by atoms with Gasteiger partial charge in [-0.05, 0) is 35.5 Å². The SMILES string of the molecule is Clc1nc(CC2CCOC2)ns1. The summed E-state index contributed by atoms with van der Waals surface area (Å²) >= 11 is 6.91. The minimum Gasteiger partial charge on any atom is -0.381 e. The maximum Gasteiger partial charge on any atom is 0.203 e. The Morgan fingerprint density at radius 3 is 3.17 bits per heavy atom. The number of halogens is 1. The molecule has 1 fully saturated rings. The lowest BCUT2D eigenvalue weighted by atomic mass is 10.1. The molecule has 0 aromatic carbocycles. The molecule has 3 nitrogen and oxygen atoms in total. The van der Waals surface area contributed by atoms with Crippen LogP contribution < -0.4 is 0 Å². The van der Waals surface area contributed by atoms with E-state index in [2.05, 4.69) is 9.36 Å². The smallest absolute Gasteiger partial charge is 0.203 e. The highest BCUT2D eigenvalue weighted by Gasteiger charge is 2.17. The van der Waals surface area contributed by atoms with Gasteiger partial charge in [-0.3, -0.25) is 0 Å². The van der Waals surface area contributed by atoms with Crippen LogP contribution in [0.4, 0.5) is 0 Å².